The molecular formula is C15H12ClN3O. The predicted octanol–water partition coefficient (Wildman–Crippen LogP) is 2.70. The summed E-state index contributed by atoms with van der Waals surface area (Å²) in [7, 11) is 0. The molecule has 1 fully saturated rings. The van der Waals surface area contributed by atoms with Crippen LogP contribution in [0.15, 0.2) is 30.5 Å². The van der Waals surface area contributed by atoms with E-state index in [1.54, 1.807) is 23.2 Å². The van der Waals surface area contributed by atoms with Crippen molar-refractivity contribution in [2.24, 2.45) is 5.92 Å². The molecule has 0 radical (unpaired) electrons. The van der Waals surface area contributed by atoms with Crippen molar-refractivity contribution in [1.29, 1.82) is 5.26 Å². The fourth-order valence-corrected chi connectivity index (χ4v) is 2.81. The van der Waals surface area contributed by atoms with Crippen LogP contribution in [0.2, 0.25) is 0 Å². The van der Waals surface area contributed by atoms with Crippen LogP contribution < -0.4 is 4.90 Å². The van der Waals surface area contributed by atoms with E-state index >= 15 is 0 Å². The molecule has 3 rings (SSSR count). The van der Waals surface area contributed by atoms with Crippen LogP contribution in [0.3, 0.4) is 0 Å². The lowest BCUT2D eigenvalue weighted by molar-refractivity contribution is -0.117. The van der Waals surface area contributed by atoms with Gasteiger partial charge in [-0.2, -0.15) is 5.26 Å². The molecule has 1 aliphatic heterocycles. The second kappa shape index (κ2) is 5.10. The molecule has 0 N–H and O–H groups in total. The summed E-state index contributed by atoms with van der Waals surface area (Å²) in [5, 5.41) is 10.2. The summed E-state index contributed by atoms with van der Waals surface area (Å²) in [4.78, 5) is 18.0. The second-order valence-electron chi connectivity index (χ2n) is 4.87. The van der Waals surface area contributed by atoms with Gasteiger partial charge in [0.1, 0.15) is 6.07 Å². The van der Waals surface area contributed by atoms with E-state index < -0.39 is 0 Å². The number of pyridine rings is 1. The summed E-state index contributed by atoms with van der Waals surface area (Å²) < 4.78 is 0. The number of carbonyl (C=O) groups is 1. The molecule has 2 heterocycles. The normalized spacial score (nSPS) is 18.5. The molecule has 1 saturated heterocycles. The van der Waals surface area contributed by atoms with Gasteiger partial charge in [0.05, 0.1) is 16.8 Å². The first kappa shape index (κ1) is 12.9. The molecule has 2 aromatic rings. The topological polar surface area (TPSA) is 57.0 Å². The maximum atomic E-state index is 12.1. The first-order chi connectivity index (χ1) is 9.74. The lowest BCUT2D eigenvalue weighted by Crippen LogP contribution is -2.25. The SMILES string of the molecule is N#Cc1c(N2CC(CCl)CC2=O)ccc2ncccc12. The number of halogens is 1. The molecule has 0 saturated carbocycles. The number of nitrogens with zero attached hydrogens (tertiary/aromatic N) is 3. The molecule has 0 bridgehead atoms. The Morgan fingerprint density at radius 1 is 1.45 bits per heavy atom. The summed E-state index contributed by atoms with van der Waals surface area (Å²) in [6.45, 7) is 0.572. The van der Waals surface area contributed by atoms with Gasteiger partial charge in [-0.05, 0) is 30.2 Å². The Kier molecular flexibility index (Phi) is 3.29. The van der Waals surface area contributed by atoms with E-state index in [1.807, 2.05) is 12.1 Å². The van der Waals surface area contributed by atoms with Gasteiger partial charge in [-0.25, -0.2) is 0 Å². The maximum Gasteiger partial charge on any atom is 0.227 e. The molecule has 0 aliphatic carbocycles. The quantitative estimate of drug-likeness (QED) is 0.797. The third-order valence-electron chi connectivity index (χ3n) is 3.59. The first-order valence-electron chi connectivity index (χ1n) is 6.38. The van der Waals surface area contributed by atoms with Crippen LogP contribution in [0.25, 0.3) is 10.9 Å². The number of nitriles is 1. The number of hydrogen-bond acceptors (Lipinski definition) is 3. The van der Waals surface area contributed by atoms with E-state index in [9.17, 15) is 10.1 Å². The van der Waals surface area contributed by atoms with Crippen LogP contribution in [-0.4, -0.2) is 23.3 Å². The smallest absolute Gasteiger partial charge is 0.227 e. The maximum absolute atomic E-state index is 12.1. The molecule has 100 valence electrons. The van der Waals surface area contributed by atoms with Gasteiger partial charge in [0.2, 0.25) is 5.91 Å². The molecule has 1 unspecified atom stereocenters. The molecule has 4 nitrogen and oxygen atoms in total. The highest BCUT2D eigenvalue weighted by Crippen LogP contribution is 2.32. The fraction of sp³-hybridized carbons (Fsp3) is 0.267. The van der Waals surface area contributed by atoms with Gasteiger partial charge in [0, 0.05) is 30.4 Å². The average Bonchev–Trinajstić information content (AvgIpc) is 2.87. The van der Waals surface area contributed by atoms with Crippen molar-refractivity contribution in [2.75, 3.05) is 17.3 Å². The highest BCUT2D eigenvalue weighted by Gasteiger charge is 2.31. The van der Waals surface area contributed by atoms with Crippen molar-refractivity contribution in [1.82, 2.24) is 4.98 Å². The van der Waals surface area contributed by atoms with Crippen molar-refractivity contribution in [3.05, 3.63) is 36.0 Å². The third kappa shape index (κ3) is 2.00. The Morgan fingerprint density at radius 2 is 2.30 bits per heavy atom. The molecule has 0 spiro atoms. The Hall–Kier alpha value is -2.12. The summed E-state index contributed by atoms with van der Waals surface area (Å²) in [6.07, 6.45) is 2.13. The van der Waals surface area contributed by atoms with E-state index in [0.717, 1.165) is 10.9 Å². The summed E-state index contributed by atoms with van der Waals surface area (Å²) in [5.74, 6) is 0.634. The highest BCUT2D eigenvalue weighted by molar-refractivity contribution is 6.18. The Balaban J connectivity index is 2.13. The number of anilines is 1. The first-order valence-corrected chi connectivity index (χ1v) is 6.92. The molecule has 1 aromatic heterocycles. The zero-order valence-electron chi connectivity index (χ0n) is 10.7. The van der Waals surface area contributed by atoms with E-state index in [0.29, 0.717) is 30.1 Å². The van der Waals surface area contributed by atoms with E-state index in [4.69, 9.17) is 11.6 Å². The number of rotatable bonds is 2. The van der Waals surface area contributed by atoms with Gasteiger partial charge in [-0.15, -0.1) is 11.6 Å². The van der Waals surface area contributed by atoms with Crippen molar-refractivity contribution in [3.8, 4) is 6.07 Å². The number of carbonyl (C=O) groups excluding carboxylic acids is 1. The van der Waals surface area contributed by atoms with Gasteiger partial charge in [-0.3, -0.25) is 9.78 Å². The summed E-state index contributed by atoms with van der Waals surface area (Å²) in [5.41, 5.74) is 1.91. The molecule has 20 heavy (non-hydrogen) atoms. The van der Waals surface area contributed by atoms with E-state index in [-0.39, 0.29) is 11.8 Å². The largest absolute Gasteiger partial charge is 0.311 e. The number of amides is 1. The third-order valence-corrected chi connectivity index (χ3v) is 4.03. The monoisotopic (exact) mass is 285 g/mol. The van der Waals surface area contributed by atoms with Crippen molar-refractivity contribution >= 4 is 34.1 Å². The van der Waals surface area contributed by atoms with Crippen LogP contribution in [0.4, 0.5) is 5.69 Å². The minimum atomic E-state index is 0.0235. The summed E-state index contributed by atoms with van der Waals surface area (Å²) in [6, 6.07) is 9.48. The van der Waals surface area contributed by atoms with Gasteiger partial charge < -0.3 is 4.90 Å². The molecule has 5 heteroatoms. The van der Waals surface area contributed by atoms with Crippen molar-refractivity contribution < 1.29 is 4.79 Å². The standard InChI is InChI=1S/C15H12ClN3O/c16-7-10-6-15(20)19(9-10)14-4-3-13-11(12(14)8-17)2-1-5-18-13/h1-5,10H,6-7,9H2. The molecular weight excluding hydrogens is 274 g/mol. The number of benzene rings is 1. The predicted molar refractivity (Wildman–Crippen MR) is 77.6 cm³/mol. The van der Waals surface area contributed by atoms with Gasteiger partial charge in [0.25, 0.3) is 0 Å². The molecule has 1 amide bonds. The zero-order valence-corrected chi connectivity index (χ0v) is 11.5. The second-order valence-corrected chi connectivity index (χ2v) is 5.18. The van der Waals surface area contributed by atoms with Gasteiger partial charge >= 0.3 is 0 Å². The number of fused-ring (bicyclic) bond motifs is 1. The number of hydrogen-bond donors (Lipinski definition) is 0. The van der Waals surface area contributed by atoms with Crippen LogP contribution in [0, 0.1) is 17.2 Å². The van der Waals surface area contributed by atoms with Crippen LogP contribution in [-0.2, 0) is 4.79 Å². The average molecular weight is 286 g/mol. The molecule has 1 aliphatic rings. The van der Waals surface area contributed by atoms with Gasteiger partial charge in [-0.1, -0.05) is 0 Å². The lowest BCUT2D eigenvalue weighted by Gasteiger charge is -2.18. The Bertz CT molecular complexity index is 723. The van der Waals surface area contributed by atoms with E-state index in [1.165, 1.54) is 0 Å². The Morgan fingerprint density at radius 3 is 3.00 bits per heavy atom. The minimum absolute atomic E-state index is 0.0235. The Labute approximate surface area is 121 Å². The van der Waals surface area contributed by atoms with Gasteiger partial charge in [0.15, 0.2) is 0 Å². The minimum Gasteiger partial charge on any atom is -0.311 e. The van der Waals surface area contributed by atoms with Crippen molar-refractivity contribution in [2.45, 2.75) is 6.42 Å². The van der Waals surface area contributed by atoms with Crippen LogP contribution in [0.1, 0.15) is 12.0 Å². The lowest BCUT2D eigenvalue weighted by atomic mass is 10.1. The fourth-order valence-electron chi connectivity index (χ4n) is 2.60. The van der Waals surface area contributed by atoms with Crippen LogP contribution in [0.5, 0.6) is 0 Å². The number of alkyl halides is 1. The molecule has 1 atom stereocenters. The highest BCUT2D eigenvalue weighted by atomic mass is 35.5. The molecule has 1 aromatic carbocycles. The van der Waals surface area contributed by atoms with Crippen LogP contribution >= 0.6 is 11.6 Å². The zero-order chi connectivity index (χ0) is 14.1. The summed E-state index contributed by atoms with van der Waals surface area (Å²) >= 11 is 5.84. The number of aromatic nitrogens is 1. The van der Waals surface area contributed by atoms with Crippen molar-refractivity contribution in [3.63, 3.8) is 0 Å². The van der Waals surface area contributed by atoms with E-state index in [2.05, 4.69) is 11.1 Å².